The van der Waals surface area contributed by atoms with Crippen LogP contribution in [0.25, 0.3) is 10.9 Å². The summed E-state index contributed by atoms with van der Waals surface area (Å²) in [6.07, 6.45) is 9.86. The van der Waals surface area contributed by atoms with E-state index in [0.717, 1.165) is 30.5 Å². The van der Waals surface area contributed by atoms with Gasteiger partial charge in [-0.2, -0.15) is 0 Å². The van der Waals surface area contributed by atoms with Gasteiger partial charge in [-0.25, -0.2) is 19.2 Å². The van der Waals surface area contributed by atoms with Crippen LogP contribution in [0, 0.1) is 18.2 Å². The number of carbonyl (C=O) groups is 1. The van der Waals surface area contributed by atoms with Gasteiger partial charge in [-0.15, -0.1) is 6.42 Å². The van der Waals surface area contributed by atoms with E-state index in [1.807, 2.05) is 24.3 Å². The number of rotatable bonds is 3. The van der Waals surface area contributed by atoms with Crippen LogP contribution in [0.5, 0.6) is 0 Å². The van der Waals surface area contributed by atoms with Gasteiger partial charge in [-0.3, -0.25) is 0 Å². The smallest absolute Gasteiger partial charge is 0.321 e. The molecule has 0 saturated carbocycles. The summed E-state index contributed by atoms with van der Waals surface area (Å²) >= 11 is 0. The molecule has 4 rings (SSSR count). The van der Waals surface area contributed by atoms with Crippen LogP contribution in [-0.2, 0) is 0 Å². The van der Waals surface area contributed by atoms with Crippen molar-refractivity contribution in [3.63, 3.8) is 0 Å². The second kappa shape index (κ2) is 8.15. The first-order valence-corrected chi connectivity index (χ1v) is 9.48. The topological polar surface area (TPSA) is 70.1 Å². The summed E-state index contributed by atoms with van der Waals surface area (Å²) in [4.78, 5) is 22.6. The predicted octanol–water partition coefficient (Wildman–Crippen LogP) is 4.51. The second-order valence-electron chi connectivity index (χ2n) is 6.90. The highest BCUT2D eigenvalue weighted by molar-refractivity contribution is 5.97. The number of benzene rings is 2. The molecule has 1 saturated heterocycles. The van der Waals surface area contributed by atoms with Gasteiger partial charge in [-0.05, 0) is 43.5 Å². The van der Waals surface area contributed by atoms with Crippen molar-refractivity contribution >= 4 is 34.1 Å². The third-order valence-electron chi connectivity index (χ3n) is 4.90. The third-order valence-corrected chi connectivity index (χ3v) is 4.90. The first kappa shape index (κ1) is 18.7. The van der Waals surface area contributed by atoms with Gasteiger partial charge >= 0.3 is 6.03 Å². The zero-order valence-electron chi connectivity index (χ0n) is 15.8. The quantitative estimate of drug-likeness (QED) is 0.647. The summed E-state index contributed by atoms with van der Waals surface area (Å²) in [5, 5.41) is 6.47. The maximum absolute atomic E-state index is 14.6. The Morgan fingerprint density at radius 2 is 1.97 bits per heavy atom. The first-order valence-electron chi connectivity index (χ1n) is 9.48. The molecule has 0 bridgehead atoms. The van der Waals surface area contributed by atoms with Gasteiger partial charge in [0.1, 0.15) is 18.0 Å². The lowest BCUT2D eigenvalue weighted by Crippen LogP contribution is -2.38. The predicted molar refractivity (Wildman–Crippen MR) is 112 cm³/mol. The lowest BCUT2D eigenvalue weighted by molar-refractivity contribution is 0.200. The van der Waals surface area contributed by atoms with Crippen LogP contribution >= 0.6 is 0 Å². The van der Waals surface area contributed by atoms with E-state index in [1.54, 1.807) is 11.0 Å². The van der Waals surface area contributed by atoms with Crippen LogP contribution in [-0.4, -0.2) is 34.0 Å². The van der Waals surface area contributed by atoms with Crippen molar-refractivity contribution in [2.24, 2.45) is 0 Å². The van der Waals surface area contributed by atoms with E-state index in [1.165, 1.54) is 12.4 Å². The highest BCUT2D eigenvalue weighted by Gasteiger charge is 2.18. The van der Waals surface area contributed by atoms with Gasteiger partial charge in [0.15, 0.2) is 0 Å². The Balaban J connectivity index is 1.65. The Kier molecular flexibility index (Phi) is 5.25. The monoisotopic (exact) mass is 389 g/mol. The standard InChI is InChI=1S/C22H20FN5O/c1-2-15-7-6-8-16(11-15)26-21-17-12-20(18(23)13-19(17)24-14-25-21)27-22(29)28-9-4-3-5-10-28/h1,6-8,11-14H,3-5,9-10H2,(H,27,29)(H,24,25,26). The lowest BCUT2D eigenvalue weighted by atomic mass is 10.1. The van der Waals surface area contributed by atoms with Crippen molar-refractivity contribution in [2.75, 3.05) is 23.7 Å². The Bertz CT molecular complexity index is 1100. The molecule has 0 atom stereocenters. The zero-order chi connectivity index (χ0) is 20.2. The molecule has 1 fully saturated rings. The van der Waals surface area contributed by atoms with Gasteiger partial charge < -0.3 is 15.5 Å². The van der Waals surface area contributed by atoms with E-state index in [4.69, 9.17) is 6.42 Å². The molecular weight excluding hydrogens is 369 g/mol. The number of hydrogen-bond acceptors (Lipinski definition) is 4. The number of aromatic nitrogens is 2. The molecule has 1 aliphatic rings. The Morgan fingerprint density at radius 1 is 1.14 bits per heavy atom. The summed E-state index contributed by atoms with van der Waals surface area (Å²) in [5.41, 5.74) is 2.02. The summed E-state index contributed by atoms with van der Waals surface area (Å²) in [7, 11) is 0. The van der Waals surface area contributed by atoms with Crippen molar-refractivity contribution in [3.8, 4) is 12.3 Å². The Morgan fingerprint density at radius 3 is 2.76 bits per heavy atom. The van der Waals surface area contributed by atoms with Crippen LogP contribution in [0.15, 0.2) is 42.7 Å². The van der Waals surface area contributed by atoms with E-state index in [-0.39, 0.29) is 11.7 Å². The number of hydrogen-bond donors (Lipinski definition) is 2. The molecule has 0 aliphatic carbocycles. The van der Waals surface area contributed by atoms with Crippen molar-refractivity contribution in [1.82, 2.24) is 14.9 Å². The average Bonchev–Trinajstić information content (AvgIpc) is 2.75. The fraction of sp³-hybridized carbons (Fsp3) is 0.227. The maximum Gasteiger partial charge on any atom is 0.321 e. The summed E-state index contributed by atoms with van der Waals surface area (Å²) in [6.45, 7) is 1.37. The van der Waals surface area contributed by atoms with Crippen molar-refractivity contribution in [2.45, 2.75) is 19.3 Å². The molecule has 2 amide bonds. The molecule has 7 heteroatoms. The highest BCUT2D eigenvalue weighted by atomic mass is 19.1. The Labute approximate surface area is 168 Å². The molecule has 3 aromatic rings. The van der Waals surface area contributed by atoms with E-state index in [9.17, 15) is 9.18 Å². The minimum atomic E-state index is -0.540. The third kappa shape index (κ3) is 4.11. The number of piperidine rings is 1. The molecule has 2 aromatic carbocycles. The average molecular weight is 389 g/mol. The number of nitrogens with one attached hydrogen (secondary N) is 2. The number of fused-ring (bicyclic) bond motifs is 1. The molecule has 6 nitrogen and oxygen atoms in total. The molecule has 1 aliphatic heterocycles. The number of anilines is 3. The number of nitrogens with zero attached hydrogens (tertiary/aromatic N) is 3. The minimum absolute atomic E-state index is 0.100. The van der Waals surface area contributed by atoms with Gasteiger partial charge in [0.25, 0.3) is 0 Å². The number of carbonyl (C=O) groups excluding carboxylic acids is 1. The molecule has 29 heavy (non-hydrogen) atoms. The first-order chi connectivity index (χ1) is 14.1. The van der Waals surface area contributed by atoms with Crippen molar-refractivity contribution in [1.29, 1.82) is 0 Å². The van der Waals surface area contributed by atoms with Crippen LogP contribution in [0.2, 0.25) is 0 Å². The lowest BCUT2D eigenvalue weighted by Gasteiger charge is -2.26. The minimum Gasteiger partial charge on any atom is -0.340 e. The largest absolute Gasteiger partial charge is 0.340 e. The fourth-order valence-corrected chi connectivity index (χ4v) is 3.39. The number of likely N-dealkylation sites (tertiary alicyclic amines) is 1. The van der Waals surface area contributed by atoms with Crippen molar-refractivity contribution in [3.05, 3.63) is 54.1 Å². The molecule has 0 radical (unpaired) electrons. The van der Waals surface area contributed by atoms with Gasteiger partial charge in [0, 0.05) is 35.8 Å². The maximum atomic E-state index is 14.6. The molecule has 2 heterocycles. The van der Waals surface area contributed by atoms with Gasteiger partial charge in [0.2, 0.25) is 0 Å². The molecule has 146 valence electrons. The normalized spacial score (nSPS) is 13.7. The van der Waals surface area contributed by atoms with E-state index >= 15 is 0 Å². The summed E-state index contributed by atoms with van der Waals surface area (Å²) in [5.74, 6) is 2.54. The second-order valence-corrected chi connectivity index (χ2v) is 6.90. The number of urea groups is 1. The molecule has 0 spiro atoms. The number of halogens is 1. The zero-order valence-corrected chi connectivity index (χ0v) is 15.8. The summed E-state index contributed by atoms with van der Waals surface area (Å²) < 4.78 is 14.6. The van der Waals surface area contributed by atoms with Crippen molar-refractivity contribution < 1.29 is 9.18 Å². The van der Waals surface area contributed by atoms with E-state index in [0.29, 0.717) is 29.8 Å². The van der Waals surface area contributed by atoms with Crippen LogP contribution < -0.4 is 10.6 Å². The number of terminal acetylenes is 1. The van der Waals surface area contributed by atoms with Crippen LogP contribution in [0.1, 0.15) is 24.8 Å². The van der Waals surface area contributed by atoms with Gasteiger partial charge in [0.05, 0.1) is 11.2 Å². The summed E-state index contributed by atoms with van der Waals surface area (Å²) in [6, 6.07) is 9.90. The van der Waals surface area contributed by atoms with Crippen LogP contribution in [0.3, 0.4) is 0 Å². The molecular formula is C22H20FN5O. The molecule has 1 aromatic heterocycles. The van der Waals surface area contributed by atoms with E-state index < -0.39 is 5.82 Å². The Hall–Kier alpha value is -3.66. The highest BCUT2D eigenvalue weighted by Crippen LogP contribution is 2.28. The van der Waals surface area contributed by atoms with Crippen LogP contribution in [0.4, 0.5) is 26.4 Å². The number of amides is 2. The molecule has 0 unspecified atom stereocenters. The molecule has 2 N–H and O–H groups in total. The fourth-order valence-electron chi connectivity index (χ4n) is 3.39. The SMILES string of the molecule is C#Cc1cccc(Nc2ncnc3cc(F)c(NC(=O)N4CCCCC4)cc23)c1. The van der Waals surface area contributed by atoms with Gasteiger partial charge in [-0.1, -0.05) is 12.0 Å². The van der Waals surface area contributed by atoms with E-state index in [2.05, 4.69) is 26.5 Å².